The molecule has 0 aliphatic rings. The van der Waals surface area contributed by atoms with Crippen LogP contribution in [-0.4, -0.2) is 36.7 Å². The van der Waals surface area contributed by atoms with E-state index in [2.05, 4.69) is 25.5 Å². The third-order valence-corrected chi connectivity index (χ3v) is 5.51. The number of nitrogens with one attached hydrogen (secondary N) is 1. The van der Waals surface area contributed by atoms with Crippen LogP contribution in [0.5, 0.6) is 0 Å². The van der Waals surface area contributed by atoms with Gasteiger partial charge in [-0.3, -0.25) is 14.9 Å². The Morgan fingerprint density at radius 1 is 1.17 bits per heavy atom. The van der Waals surface area contributed by atoms with Gasteiger partial charge in [0.1, 0.15) is 28.6 Å². The number of nitrogen functional groups attached to an aromatic ring is 1. The van der Waals surface area contributed by atoms with Crippen molar-refractivity contribution >= 4 is 46.7 Å². The molecule has 180 valence electrons. The zero-order chi connectivity index (χ0) is 25.3. The molecule has 3 aromatic heterocycles. The second-order valence-electron chi connectivity index (χ2n) is 7.82. The van der Waals surface area contributed by atoms with Crippen molar-refractivity contribution in [2.45, 2.75) is 26.3 Å². The number of aromatic nitrogens is 5. The average molecular weight is 515 g/mol. The van der Waals surface area contributed by atoms with E-state index in [1.165, 1.54) is 23.1 Å². The molecule has 0 saturated heterocycles. The first-order valence-electron chi connectivity index (χ1n) is 10.3. The third kappa shape index (κ3) is 5.10. The molecule has 0 aliphatic heterocycles. The highest BCUT2D eigenvalue weighted by Crippen LogP contribution is 2.31. The molecule has 0 fully saturated rings. The van der Waals surface area contributed by atoms with E-state index in [-0.39, 0.29) is 41.2 Å². The minimum Gasteiger partial charge on any atom is -0.383 e. The summed E-state index contributed by atoms with van der Waals surface area (Å²) in [5, 5.41) is 11.8. The SMILES string of the molecule is CC(C)n1nc(-c2cnc(CC(=O)Nc3cc(-c4ccc(Cl)cc4Cl)no3)nc2)c(C(N)=O)c1N. The summed E-state index contributed by atoms with van der Waals surface area (Å²) in [5.41, 5.74) is 13.4. The van der Waals surface area contributed by atoms with Crippen molar-refractivity contribution in [3.05, 3.63) is 58.1 Å². The molecule has 0 radical (unpaired) electrons. The molecule has 0 unspecified atom stereocenters. The molecule has 13 heteroatoms. The molecule has 0 atom stereocenters. The van der Waals surface area contributed by atoms with E-state index < -0.39 is 11.8 Å². The molecule has 2 amide bonds. The highest BCUT2D eigenvalue weighted by Gasteiger charge is 2.23. The van der Waals surface area contributed by atoms with Crippen LogP contribution in [0.15, 0.2) is 41.2 Å². The van der Waals surface area contributed by atoms with Crippen molar-refractivity contribution in [2.75, 3.05) is 11.1 Å². The first-order valence-corrected chi connectivity index (χ1v) is 11.1. The smallest absolute Gasteiger partial charge is 0.254 e. The standard InChI is InChI=1S/C22H20Cl2N8O3/c1-10(2)32-21(25)19(22(26)34)20(30-32)11-8-27-16(28-9-11)7-17(33)29-18-6-15(31-35-18)13-4-3-12(23)5-14(13)24/h3-6,8-10H,7,25H2,1-2H3,(H2,26,34)(H,29,33). The van der Waals surface area contributed by atoms with Crippen LogP contribution < -0.4 is 16.8 Å². The molecule has 0 spiro atoms. The zero-order valence-corrected chi connectivity index (χ0v) is 20.1. The Hall–Kier alpha value is -3.96. The number of nitrogens with zero attached hydrogens (tertiary/aromatic N) is 5. The minimum absolute atomic E-state index is 0.0851. The fourth-order valence-electron chi connectivity index (χ4n) is 3.34. The summed E-state index contributed by atoms with van der Waals surface area (Å²) in [6.07, 6.45) is 2.76. The van der Waals surface area contributed by atoms with Crippen LogP contribution in [0.3, 0.4) is 0 Å². The van der Waals surface area contributed by atoms with Crippen molar-refractivity contribution in [1.82, 2.24) is 24.9 Å². The van der Waals surface area contributed by atoms with E-state index in [0.717, 1.165) is 0 Å². The topological polar surface area (TPSA) is 168 Å². The Morgan fingerprint density at radius 2 is 1.89 bits per heavy atom. The first kappa shape index (κ1) is 24.2. The van der Waals surface area contributed by atoms with E-state index in [9.17, 15) is 9.59 Å². The van der Waals surface area contributed by atoms with Crippen molar-refractivity contribution < 1.29 is 14.1 Å². The number of anilines is 2. The fraction of sp³-hybridized carbons (Fsp3) is 0.182. The molecule has 35 heavy (non-hydrogen) atoms. The maximum Gasteiger partial charge on any atom is 0.254 e. The second kappa shape index (κ2) is 9.72. The van der Waals surface area contributed by atoms with Gasteiger partial charge in [-0.2, -0.15) is 5.10 Å². The first-order chi connectivity index (χ1) is 16.6. The van der Waals surface area contributed by atoms with Gasteiger partial charge in [-0.05, 0) is 32.0 Å². The maximum atomic E-state index is 12.4. The van der Waals surface area contributed by atoms with E-state index >= 15 is 0 Å². The molecule has 1 aromatic carbocycles. The Morgan fingerprint density at radius 3 is 2.51 bits per heavy atom. The fourth-order valence-corrected chi connectivity index (χ4v) is 3.84. The molecular weight excluding hydrogens is 495 g/mol. The van der Waals surface area contributed by atoms with Gasteiger partial charge < -0.3 is 16.0 Å². The monoisotopic (exact) mass is 514 g/mol. The largest absolute Gasteiger partial charge is 0.383 e. The number of carbonyl (C=O) groups excluding carboxylic acids is 2. The van der Waals surface area contributed by atoms with Gasteiger partial charge in [0, 0.05) is 40.7 Å². The van der Waals surface area contributed by atoms with Gasteiger partial charge in [0.05, 0.1) is 11.4 Å². The van der Waals surface area contributed by atoms with E-state index in [1.54, 1.807) is 18.2 Å². The summed E-state index contributed by atoms with van der Waals surface area (Å²) in [4.78, 5) is 32.8. The summed E-state index contributed by atoms with van der Waals surface area (Å²) in [6, 6.07) is 6.41. The number of primary amides is 1. The van der Waals surface area contributed by atoms with Crippen molar-refractivity contribution in [1.29, 1.82) is 0 Å². The van der Waals surface area contributed by atoms with Crippen molar-refractivity contribution in [3.8, 4) is 22.5 Å². The van der Waals surface area contributed by atoms with E-state index in [0.29, 0.717) is 26.9 Å². The molecule has 11 nitrogen and oxygen atoms in total. The van der Waals surface area contributed by atoms with Gasteiger partial charge in [0.2, 0.25) is 11.8 Å². The van der Waals surface area contributed by atoms with E-state index in [1.807, 2.05) is 13.8 Å². The molecule has 0 bridgehead atoms. The van der Waals surface area contributed by atoms with Gasteiger partial charge >= 0.3 is 0 Å². The van der Waals surface area contributed by atoms with Crippen LogP contribution in [0.4, 0.5) is 11.7 Å². The van der Waals surface area contributed by atoms with Gasteiger partial charge in [-0.25, -0.2) is 14.6 Å². The van der Waals surface area contributed by atoms with Gasteiger partial charge in [-0.15, -0.1) is 0 Å². The Labute approximate surface area is 209 Å². The van der Waals surface area contributed by atoms with Crippen LogP contribution in [0.2, 0.25) is 10.0 Å². The number of hydrogen-bond donors (Lipinski definition) is 3. The lowest BCUT2D eigenvalue weighted by Crippen LogP contribution is -2.16. The predicted octanol–water partition coefficient (Wildman–Crippen LogP) is 3.75. The van der Waals surface area contributed by atoms with E-state index in [4.69, 9.17) is 39.2 Å². The normalized spacial score (nSPS) is 11.1. The number of rotatable bonds is 7. The maximum absolute atomic E-state index is 12.4. The molecule has 0 aliphatic carbocycles. The summed E-state index contributed by atoms with van der Waals surface area (Å²) in [6.45, 7) is 3.75. The minimum atomic E-state index is -0.709. The number of amides is 2. The molecule has 3 heterocycles. The van der Waals surface area contributed by atoms with Crippen molar-refractivity contribution in [2.24, 2.45) is 5.73 Å². The molecule has 5 N–H and O–H groups in total. The van der Waals surface area contributed by atoms with Gasteiger partial charge in [0.25, 0.3) is 5.91 Å². The Balaban J connectivity index is 1.46. The van der Waals surface area contributed by atoms with Gasteiger partial charge in [-0.1, -0.05) is 28.4 Å². The highest BCUT2D eigenvalue weighted by atomic mass is 35.5. The summed E-state index contributed by atoms with van der Waals surface area (Å²) in [5.74, 6) is -0.595. The number of hydrogen-bond acceptors (Lipinski definition) is 8. The Bertz CT molecular complexity index is 1410. The molecular formula is C22H20Cl2N8O3. The lowest BCUT2D eigenvalue weighted by molar-refractivity contribution is -0.115. The number of benzene rings is 1. The number of carbonyl (C=O) groups is 2. The number of nitrogens with two attached hydrogens (primary N) is 2. The second-order valence-corrected chi connectivity index (χ2v) is 8.67. The predicted molar refractivity (Wildman–Crippen MR) is 131 cm³/mol. The van der Waals surface area contributed by atoms with Crippen LogP contribution in [0, 0.1) is 0 Å². The quantitative estimate of drug-likeness (QED) is 0.334. The summed E-state index contributed by atoms with van der Waals surface area (Å²) >= 11 is 12.1. The highest BCUT2D eigenvalue weighted by molar-refractivity contribution is 6.36. The Kier molecular flexibility index (Phi) is 6.72. The van der Waals surface area contributed by atoms with Crippen molar-refractivity contribution in [3.63, 3.8) is 0 Å². The van der Waals surface area contributed by atoms with Crippen LogP contribution in [-0.2, 0) is 11.2 Å². The molecule has 4 aromatic rings. The van der Waals surface area contributed by atoms with Crippen LogP contribution in [0.25, 0.3) is 22.5 Å². The zero-order valence-electron chi connectivity index (χ0n) is 18.6. The lowest BCUT2D eigenvalue weighted by Gasteiger charge is -2.06. The average Bonchev–Trinajstić information content (AvgIpc) is 3.38. The summed E-state index contributed by atoms with van der Waals surface area (Å²) in [7, 11) is 0. The molecule has 4 rings (SSSR count). The molecule has 0 saturated carbocycles. The number of halogens is 2. The van der Waals surface area contributed by atoms with Crippen LogP contribution in [0.1, 0.15) is 36.1 Å². The third-order valence-electron chi connectivity index (χ3n) is 4.96. The summed E-state index contributed by atoms with van der Waals surface area (Å²) < 4.78 is 6.68. The van der Waals surface area contributed by atoms with Crippen LogP contribution >= 0.6 is 23.2 Å². The van der Waals surface area contributed by atoms with Gasteiger partial charge in [0.15, 0.2) is 0 Å². The lowest BCUT2D eigenvalue weighted by atomic mass is 10.1.